The lowest BCUT2D eigenvalue weighted by atomic mass is 10.1. The molecule has 88 valence electrons. The molecule has 2 rings (SSSR count). The van der Waals surface area contributed by atoms with E-state index in [1.165, 1.54) is 12.1 Å². The van der Waals surface area contributed by atoms with Crippen molar-refractivity contribution in [1.82, 2.24) is 0 Å². The van der Waals surface area contributed by atoms with Crippen LogP contribution in [0.5, 0.6) is 0 Å². The van der Waals surface area contributed by atoms with Crippen LogP contribution < -0.4 is 5.32 Å². The lowest BCUT2D eigenvalue weighted by Gasteiger charge is -2.18. The van der Waals surface area contributed by atoms with E-state index in [-0.39, 0.29) is 5.82 Å². The molecule has 4 heteroatoms. The molecule has 1 unspecified atom stereocenters. The van der Waals surface area contributed by atoms with Crippen LogP contribution in [0, 0.1) is 5.82 Å². The van der Waals surface area contributed by atoms with Gasteiger partial charge in [-0.1, -0.05) is 0 Å². The van der Waals surface area contributed by atoms with Crippen LogP contribution in [0.2, 0.25) is 0 Å². The fraction of sp³-hybridized carbons (Fsp3) is 0.500. The van der Waals surface area contributed by atoms with E-state index >= 15 is 0 Å². The van der Waals surface area contributed by atoms with E-state index in [2.05, 4.69) is 21.2 Å². The minimum absolute atomic E-state index is 0.212. The van der Waals surface area contributed by atoms with E-state index in [1.54, 1.807) is 6.07 Å². The third kappa shape index (κ3) is 3.19. The van der Waals surface area contributed by atoms with Crippen LogP contribution in [0.25, 0.3) is 0 Å². The number of benzene rings is 1. The molecule has 1 aromatic rings. The molecule has 1 aromatic carbocycles. The maximum Gasteiger partial charge on any atom is 0.125 e. The molecule has 1 atom stereocenters. The Morgan fingerprint density at radius 1 is 1.31 bits per heavy atom. The summed E-state index contributed by atoms with van der Waals surface area (Å²) in [4.78, 5) is 0. The predicted molar refractivity (Wildman–Crippen MR) is 66.2 cm³/mol. The summed E-state index contributed by atoms with van der Waals surface area (Å²) in [5.74, 6) is -0.212. The average molecular weight is 288 g/mol. The number of anilines is 1. The van der Waals surface area contributed by atoms with E-state index < -0.39 is 0 Å². The van der Waals surface area contributed by atoms with Gasteiger partial charge in [0.25, 0.3) is 0 Å². The van der Waals surface area contributed by atoms with Crippen LogP contribution in [-0.2, 0) is 4.74 Å². The normalized spacial score (nSPS) is 21.5. The smallest absolute Gasteiger partial charge is 0.125 e. The first-order valence-corrected chi connectivity index (χ1v) is 6.34. The SMILES string of the molecule is Fc1ccc(Br)c(NC2CCCOCC2)c1. The summed E-state index contributed by atoms with van der Waals surface area (Å²) in [6, 6.07) is 5.08. The van der Waals surface area contributed by atoms with Crippen LogP contribution >= 0.6 is 15.9 Å². The summed E-state index contributed by atoms with van der Waals surface area (Å²) < 4.78 is 19.4. The second-order valence-electron chi connectivity index (χ2n) is 4.01. The fourth-order valence-electron chi connectivity index (χ4n) is 1.88. The molecule has 1 saturated heterocycles. The monoisotopic (exact) mass is 287 g/mol. The molecule has 16 heavy (non-hydrogen) atoms. The molecule has 0 aliphatic carbocycles. The number of ether oxygens (including phenoxy) is 1. The Bertz CT molecular complexity index is 351. The molecule has 1 fully saturated rings. The van der Waals surface area contributed by atoms with Crippen LogP contribution in [0.15, 0.2) is 22.7 Å². The predicted octanol–water partition coefficient (Wildman–Crippen LogP) is 3.57. The zero-order valence-electron chi connectivity index (χ0n) is 9.01. The van der Waals surface area contributed by atoms with Gasteiger partial charge in [0.15, 0.2) is 0 Å². The van der Waals surface area contributed by atoms with Gasteiger partial charge in [-0.25, -0.2) is 4.39 Å². The number of halogens is 2. The van der Waals surface area contributed by atoms with Gasteiger partial charge in [-0.2, -0.15) is 0 Å². The van der Waals surface area contributed by atoms with Gasteiger partial charge < -0.3 is 10.1 Å². The first kappa shape index (κ1) is 11.9. The highest BCUT2D eigenvalue weighted by Gasteiger charge is 2.13. The average Bonchev–Trinajstić information content (AvgIpc) is 2.52. The molecular weight excluding hydrogens is 273 g/mol. The number of hydrogen-bond donors (Lipinski definition) is 1. The summed E-state index contributed by atoms with van der Waals surface area (Å²) in [5.41, 5.74) is 0.826. The van der Waals surface area contributed by atoms with Crippen molar-refractivity contribution in [1.29, 1.82) is 0 Å². The van der Waals surface area contributed by atoms with Crippen LogP contribution in [0.4, 0.5) is 10.1 Å². The number of rotatable bonds is 2. The lowest BCUT2D eigenvalue weighted by molar-refractivity contribution is 0.144. The van der Waals surface area contributed by atoms with Gasteiger partial charge >= 0.3 is 0 Å². The molecule has 1 heterocycles. The third-order valence-electron chi connectivity index (χ3n) is 2.74. The maximum absolute atomic E-state index is 13.1. The van der Waals surface area contributed by atoms with Crippen molar-refractivity contribution in [2.45, 2.75) is 25.3 Å². The van der Waals surface area contributed by atoms with E-state index in [4.69, 9.17) is 4.74 Å². The first-order valence-electron chi connectivity index (χ1n) is 5.55. The van der Waals surface area contributed by atoms with Gasteiger partial charge in [0.05, 0.1) is 5.69 Å². The zero-order chi connectivity index (χ0) is 11.4. The summed E-state index contributed by atoms with van der Waals surface area (Å²) >= 11 is 3.42. The molecule has 0 spiro atoms. The maximum atomic E-state index is 13.1. The Morgan fingerprint density at radius 3 is 3.06 bits per heavy atom. The second kappa shape index (κ2) is 5.64. The topological polar surface area (TPSA) is 21.3 Å². The third-order valence-corrected chi connectivity index (χ3v) is 3.43. The molecule has 1 N–H and O–H groups in total. The highest BCUT2D eigenvalue weighted by molar-refractivity contribution is 9.10. The van der Waals surface area contributed by atoms with Crippen molar-refractivity contribution in [2.24, 2.45) is 0 Å². The second-order valence-corrected chi connectivity index (χ2v) is 4.86. The van der Waals surface area contributed by atoms with Gasteiger partial charge in [-0.15, -0.1) is 0 Å². The highest BCUT2D eigenvalue weighted by atomic mass is 79.9. The van der Waals surface area contributed by atoms with Crippen molar-refractivity contribution < 1.29 is 9.13 Å². The van der Waals surface area contributed by atoms with Crippen molar-refractivity contribution in [3.05, 3.63) is 28.5 Å². The van der Waals surface area contributed by atoms with Gasteiger partial charge in [-0.05, 0) is 53.4 Å². The van der Waals surface area contributed by atoms with Gasteiger partial charge in [0, 0.05) is 23.7 Å². The van der Waals surface area contributed by atoms with Crippen molar-refractivity contribution in [3.8, 4) is 0 Å². The lowest BCUT2D eigenvalue weighted by Crippen LogP contribution is -2.19. The molecule has 0 saturated carbocycles. The van der Waals surface area contributed by atoms with Crippen molar-refractivity contribution in [2.75, 3.05) is 18.5 Å². The van der Waals surface area contributed by atoms with Crippen LogP contribution in [0.1, 0.15) is 19.3 Å². The molecule has 0 bridgehead atoms. The summed E-state index contributed by atoms with van der Waals surface area (Å²) in [7, 11) is 0. The van der Waals surface area contributed by atoms with Gasteiger partial charge in [-0.3, -0.25) is 0 Å². The molecular formula is C12H15BrFNO. The van der Waals surface area contributed by atoms with Gasteiger partial charge in [0.1, 0.15) is 5.82 Å². The quantitative estimate of drug-likeness (QED) is 0.898. The Balaban J connectivity index is 2.04. The molecule has 0 amide bonds. The van der Waals surface area contributed by atoms with Crippen molar-refractivity contribution >= 4 is 21.6 Å². The Hall–Kier alpha value is -0.610. The van der Waals surface area contributed by atoms with Crippen LogP contribution in [0.3, 0.4) is 0 Å². The summed E-state index contributed by atoms with van der Waals surface area (Å²) in [6.07, 6.45) is 3.11. The molecule has 1 aliphatic rings. The molecule has 2 nitrogen and oxygen atoms in total. The summed E-state index contributed by atoms with van der Waals surface area (Å²) in [5, 5.41) is 3.36. The zero-order valence-corrected chi connectivity index (χ0v) is 10.6. The minimum atomic E-state index is -0.212. The Labute approximate surface area is 103 Å². The number of nitrogens with one attached hydrogen (secondary N) is 1. The van der Waals surface area contributed by atoms with E-state index in [0.717, 1.165) is 42.6 Å². The van der Waals surface area contributed by atoms with Crippen LogP contribution in [-0.4, -0.2) is 19.3 Å². The fourth-order valence-corrected chi connectivity index (χ4v) is 2.24. The van der Waals surface area contributed by atoms with Gasteiger partial charge in [0.2, 0.25) is 0 Å². The van der Waals surface area contributed by atoms with E-state index in [1.807, 2.05) is 0 Å². The van der Waals surface area contributed by atoms with E-state index in [9.17, 15) is 4.39 Å². The highest BCUT2D eigenvalue weighted by Crippen LogP contribution is 2.25. The summed E-state index contributed by atoms with van der Waals surface area (Å²) in [6.45, 7) is 1.62. The standard InChI is InChI=1S/C12H15BrFNO/c13-11-4-3-9(14)8-12(11)15-10-2-1-6-16-7-5-10/h3-4,8,10,15H,1-2,5-7H2. The largest absolute Gasteiger partial charge is 0.381 e. The Morgan fingerprint density at radius 2 is 2.19 bits per heavy atom. The minimum Gasteiger partial charge on any atom is -0.381 e. The molecule has 1 aliphatic heterocycles. The Kier molecular flexibility index (Phi) is 4.18. The molecule has 0 radical (unpaired) electrons. The van der Waals surface area contributed by atoms with E-state index in [0.29, 0.717) is 6.04 Å². The molecule has 0 aromatic heterocycles. The number of hydrogen-bond acceptors (Lipinski definition) is 2. The van der Waals surface area contributed by atoms with Crippen molar-refractivity contribution in [3.63, 3.8) is 0 Å². The first-order chi connectivity index (χ1) is 7.75.